The highest BCUT2D eigenvalue weighted by molar-refractivity contribution is 6.30. The first-order valence-corrected chi connectivity index (χ1v) is 5.23. The summed E-state index contributed by atoms with van der Waals surface area (Å²) in [6.07, 6.45) is -1.39. The molecule has 0 heterocycles. The third kappa shape index (κ3) is 4.06. The molecule has 0 aliphatic rings. The Bertz CT molecular complexity index is 476. The molecule has 5 heteroatoms. The summed E-state index contributed by atoms with van der Waals surface area (Å²) >= 11 is 5.56. The lowest BCUT2D eigenvalue weighted by molar-refractivity contribution is -0.136. The number of rotatable bonds is 2. The van der Waals surface area contributed by atoms with Crippen molar-refractivity contribution in [3.8, 4) is 11.8 Å². The number of carbonyl (C=O) groups excluding carboxylic acids is 1. The minimum atomic E-state index is -1.39. The van der Waals surface area contributed by atoms with E-state index in [0.29, 0.717) is 0 Å². The number of hydrogen-bond acceptors (Lipinski definition) is 3. The normalized spacial score (nSPS) is 11.3. The van der Waals surface area contributed by atoms with E-state index in [2.05, 4.69) is 16.6 Å². The lowest BCUT2D eigenvalue weighted by atomic mass is 10.1. The molecule has 0 saturated heterocycles. The third-order valence-corrected chi connectivity index (χ3v) is 2.08. The fourth-order valence-electron chi connectivity index (χ4n) is 1.10. The van der Waals surface area contributed by atoms with Gasteiger partial charge in [0.15, 0.2) is 0 Å². The largest absolute Gasteiger partial charge is 0.456 e. The van der Waals surface area contributed by atoms with Gasteiger partial charge in [-0.1, -0.05) is 23.6 Å². The van der Waals surface area contributed by atoms with E-state index in [4.69, 9.17) is 11.6 Å². The topological polar surface area (TPSA) is 46.5 Å². The molecule has 1 aromatic rings. The van der Waals surface area contributed by atoms with Crippen molar-refractivity contribution in [2.24, 2.45) is 0 Å². The van der Waals surface area contributed by atoms with Crippen molar-refractivity contribution in [3.05, 3.63) is 34.6 Å². The number of aliphatic hydroxyl groups excluding tert-OH is 1. The SMILES string of the molecule is CCOC(=O)C#CC(O)c1ccc(Cl)cc1F. The lowest BCUT2D eigenvalue weighted by Gasteiger charge is -2.05. The molecule has 0 saturated carbocycles. The number of ether oxygens (including phenoxy) is 1. The summed E-state index contributed by atoms with van der Waals surface area (Å²) in [7, 11) is 0. The van der Waals surface area contributed by atoms with Crippen LogP contribution in [0.1, 0.15) is 18.6 Å². The van der Waals surface area contributed by atoms with Crippen molar-refractivity contribution in [1.82, 2.24) is 0 Å². The van der Waals surface area contributed by atoms with Gasteiger partial charge in [-0.25, -0.2) is 9.18 Å². The van der Waals surface area contributed by atoms with Crippen LogP contribution in [0.4, 0.5) is 4.39 Å². The van der Waals surface area contributed by atoms with E-state index in [-0.39, 0.29) is 17.2 Å². The second-order valence-corrected chi connectivity index (χ2v) is 3.49. The molecule has 1 rings (SSSR count). The Kier molecular flexibility index (Phi) is 4.95. The van der Waals surface area contributed by atoms with E-state index >= 15 is 0 Å². The number of carbonyl (C=O) groups is 1. The van der Waals surface area contributed by atoms with Crippen molar-refractivity contribution in [2.75, 3.05) is 6.61 Å². The van der Waals surface area contributed by atoms with Crippen molar-refractivity contribution in [2.45, 2.75) is 13.0 Å². The Morgan fingerprint density at radius 2 is 2.35 bits per heavy atom. The highest BCUT2D eigenvalue weighted by atomic mass is 35.5. The van der Waals surface area contributed by atoms with Crippen LogP contribution in [0, 0.1) is 17.7 Å². The predicted molar refractivity (Wildman–Crippen MR) is 60.8 cm³/mol. The van der Waals surface area contributed by atoms with Gasteiger partial charge in [0.2, 0.25) is 0 Å². The molecule has 1 unspecified atom stereocenters. The van der Waals surface area contributed by atoms with Crippen LogP contribution in [0.25, 0.3) is 0 Å². The smallest absolute Gasteiger partial charge is 0.384 e. The van der Waals surface area contributed by atoms with Crippen LogP contribution in [0.5, 0.6) is 0 Å². The molecule has 0 amide bonds. The van der Waals surface area contributed by atoms with Gasteiger partial charge in [0.25, 0.3) is 0 Å². The standard InChI is InChI=1S/C12H10ClFO3/c1-2-17-12(16)6-5-11(15)9-4-3-8(13)7-10(9)14/h3-4,7,11,15H,2H2,1H3. The molecule has 1 atom stereocenters. The second kappa shape index (κ2) is 6.24. The molecule has 0 aliphatic heterocycles. The van der Waals surface area contributed by atoms with Gasteiger partial charge >= 0.3 is 5.97 Å². The summed E-state index contributed by atoms with van der Waals surface area (Å²) in [4.78, 5) is 10.9. The maximum atomic E-state index is 13.3. The molecule has 17 heavy (non-hydrogen) atoms. The quantitative estimate of drug-likeness (QED) is 0.501. The number of esters is 1. The Morgan fingerprint density at radius 1 is 1.65 bits per heavy atom. The predicted octanol–water partition coefficient (Wildman–Crippen LogP) is 2.08. The number of halogens is 2. The van der Waals surface area contributed by atoms with E-state index in [1.54, 1.807) is 6.92 Å². The molecule has 90 valence electrons. The van der Waals surface area contributed by atoms with Gasteiger partial charge in [-0.3, -0.25) is 0 Å². The van der Waals surface area contributed by atoms with E-state index in [1.165, 1.54) is 12.1 Å². The average molecular weight is 257 g/mol. The zero-order chi connectivity index (χ0) is 12.8. The Morgan fingerprint density at radius 3 is 2.94 bits per heavy atom. The van der Waals surface area contributed by atoms with Crippen molar-refractivity contribution in [1.29, 1.82) is 0 Å². The summed E-state index contributed by atoms with van der Waals surface area (Å²) < 4.78 is 17.9. The summed E-state index contributed by atoms with van der Waals surface area (Å²) in [5.74, 6) is 2.81. The third-order valence-electron chi connectivity index (χ3n) is 1.84. The monoisotopic (exact) mass is 256 g/mol. The molecule has 0 radical (unpaired) electrons. The highest BCUT2D eigenvalue weighted by Crippen LogP contribution is 2.20. The van der Waals surface area contributed by atoms with E-state index in [1.807, 2.05) is 0 Å². The molecule has 1 N–H and O–H groups in total. The van der Waals surface area contributed by atoms with Gasteiger partial charge in [0.05, 0.1) is 6.61 Å². The first-order chi connectivity index (χ1) is 8.04. The molecule has 0 aromatic heterocycles. The summed E-state index contributed by atoms with van der Waals surface area (Å²) in [6, 6.07) is 3.80. The fraction of sp³-hybridized carbons (Fsp3) is 0.250. The molecule has 0 spiro atoms. The zero-order valence-corrected chi connectivity index (χ0v) is 9.79. The van der Waals surface area contributed by atoms with Gasteiger partial charge in [0.1, 0.15) is 11.9 Å². The van der Waals surface area contributed by atoms with Crippen LogP contribution in [0.3, 0.4) is 0 Å². The maximum Gasteiger partial charge on any atom is 0.384 e. The van der Waals surface area contributed by atoms with Crippen LogP contribution in [0.2, 0.25) is 5.02 Å². The second-order valence-electron chi connectivity index (χ2n) is 3.06. The highest BCUT2D eigenvalue weighted by Gasteiger charge is 2.10. The van der Waals surface area contributed by atoms with Crippen LogP contribution < -0.4 is 0 Å². The minimum Gasteiger partial charge on any atom is -0.456 e. The van der Waals surface area contributed by atoms with Gasteiger partial charge in [0, 0.05) is 16.5 Å². The molecule has 0 aliphatic carbocycles. The number of benzene rings is 1. The Labute approximate surface area is 103 Å². The average Bonchev–Trinajstić information content (AvgIpc) is 2.26. The zero-order valence-electron chi connectivity index (χ0n) is 9.04. The lowest BCUT2D eigenvalue weighted by Crippen LogP contribution is -2.02. The molecule has 0 fully saturated rings. The van der Waals surface area contributed by atoms with Gasteiger partial charge in [-0.05, 0) is 19.1 Å². The van der Waals surface area contributed by atoms with E-state index in [9.17, 15) is 14.3 Å². The van der Waals surface area contributed by atoms with Crippen LogP contribution in [0.15, 0.2) is 18.2 Å². The van der Waals surface area contributed by atoms with Crippen molar-refractivity contribution in [3.63, 3.8) is 0 Å². The Balaban J connectivity index is 2.82. The van der Waals surface area contributed by atoms with Crippen LogP contribution >= 0.6 is 11.6 Å². The first kappa shape index (κ1) is 13.5. The Hall–Kier alpha value is -1.57. The molecular weight excluding hydrogens is 247 g/mol. The van der Waals surface area contributed by atoms with E-state index in [0.717, 1.165) is 6.07 Å². The molecule has 1 aromatic carbocycles. The maximum absolute atomic E-state index is 13.3. The first-order valence-electron chi connectivity index (χ1n) is 4.86. The number of aliphatic hydroxyl groups is 1. The molecule has 0 bridgehead atoms. The summed E-state index contributed by atoms with van der Waals surface area (Å²) in [5, 5.41) is 9.76. The van der Waals surface area contributed by atoms with Crippen LogP contribution in [-0.2, 0) is 9.53 Å². The summed E-state index contributed by atoms with van der Waals surface area (Å²) in [6.45, 7) is 1.83. The molecule has 3 nitrogen and oxygen atoms in total. The summed E-state index contributed by atoms with van der Waals surface area (Å²) in [5.41, 5.74) is -0.0359. The van der Waals surface area contributed by atoms with Gasteiger partial charge < -0.3 is 9.84 Å². The number of hydrogen-bond donors (Lipinski definition) is 1. The fourth-order valence-corrected chi connectivity index (χ4v) is 1.25. The van der Waals surface area contributed by atoms with Crippen molar-refractivity contribution >= 4 is 17.6 Å². The minimum absolute atomic E-state index is 0.0359. The van der Waals surface area contributed by atoms with Crippen molar-refractivity contribution < 1.29 is 19.0 Å². The van der Waals surface area contributed by atoms with Gasteiger partial charge in [-0.2, -0.15) is 0 Å². The van der Waals surface area contributed by atoms with E-state index < -0.39 is 17.9 Å². The van der Waals surface area contributed by atoms with Crippen LogP contribution in [-0.4, -0.2) is 17.7 Å². The van der Waals surface area contributed by atoms with Gasteiger partial charge in [-0.15, -0.1) is 0 Å². The molecular formula is C12H10ClFO3.